The van der Waals surface area contributed by atoms with Gasteiger partial charge in [-0.15, -0.1) is 0 Å². The van der Waals surface area contributed by atoms with Gasteiger partial charge in [0.2, 0.25) is 0 Å². The van der Waals surface area contributed by atoms with Gasteiger partial charge in [0.1, 0.15) is 11.6 Å². The molecule has 6 rings (SSSR count). The first-order valence-electron chi connectivity index (χ1n) is 13.7. The van der Waals surface area contributed by atoms with Crippen LogP contribution in [0.25, 0.3) is 6.08 Å². The number of nitriles is 1. The normalized spacial score (nSPS) is 21.7. The Labute approximate surface area is 242 Å². The number of rotatable bonds is 8. The molecule has 0 spiro atoms. The molecule has 1 saturated carbocycles. The minimum atomic E-state index is -1.29. The Morgan fingerprint density at radius 2 is 2.05 bits per heavy atom. The highest BCUT2D eigenvalue weighted by Gasteiger charge is 2.45. The third-order valence-electron chi connectivity index (χ3n) is 8.34. The van der Waals surface area contributed by atoms with Gasteiger partial charge in [0.05, 0.1) is 35.5 Å². The number of nitrogens with zero attached hydrogens (tertiary/aromatic N) is 4. The van der Waals surface area contributed by atoms with Gasteiger partial charge in [-0.2, -0.15) is 5.26 Å². The molecule has 1 aliphatic carbocycles. The molecule has 2 aromatic carbocycles. The average Bonchev–Trinajstić information content (AvgIpc) is 3.50. The number of carboxylic acid groups (broad SMARTS) is 1. The van der Waals surface area contributed by atoms with Gasteiger partial charge in [-0.05, 0) is 75.0 Å². The van der Waals surface area contributed by atoms with Gasteiger partial charge in [-0.25, -0.2) is 14.2 Å². The van der Waals surface area contributed by atoms with E-state index in [9.17, 15) is 14.4 Å². The van der Waals surface area contributed by atoms with Crippen LogP contribution in [-0.2, 0) is 23.7 Å². The second-order valence-corrected chi connectivity index (χ2v) is 11.7. The van der Waals surface area contributed by atoms with Crippen LogP contribution in [0.1, 0.15) is 61.2 Å². The summed E-state index contributed by atoms with van der Waals surface area (Å²) >= 11 is 5.95. The molecule has 3 heterocycles. The van der Waals surface area contributed by atoms with Crippen LogP contribution in [-0.4, -0.2) is 38.6 Å². The first kappa shape index (κ1) is 27.3. The van der Waals surface area contributed by atoms with Gasteiger partial charge in [-0.3, -0.25) is 4.90 Å². The summed E-state index contributed by atoms with van der Waals surface area (Å²) < 4.78 is 29.2. The molecule has 0 amide bonds. The van der Waals surface area contributed by atoms with Crippen LogP contribution in [0.5, 0.6) is 11.5 Å². The van der Waals surface area contributed by atoms with E-state index in [1.165, 1.54) is 6.07 Å². The molecule has 10 heteroatoms. The maximum atomic E-state index is 14.8. The Morgan fingerprint density at radius 1 is 1.27 bits per heavy atom. The van der Waals surface area contributed by atoms with Crippen molar-refractivity contribution in [3.05, 3.63) is 82.2 Å². The van der Waals surface area contributed by atoms with Crippen molar-refractivity contribution in [2.75, 3.05) is 13.1 Å². The second-order valence-electron chi connectivity index (χ2n) is 11.2. The second kappa shape index (κ2) is 10.5. The number of para-hydroxylation sites is 1. The SMILES string of the molecule is CC1(c2ccc(Cl)cc2F)Oc2cccc(C3CCN(Cc4ncc(/C=C/C(=O)O)n4CC4(C#N)CC4)CC3)c2O1. The van der Waals surface area contributed by atoms with E-state index in [1.54, 1.807) is 31.3 Å². The first-order chi connectivity index (χ1) is 19.7. The zero-order valence-corrected chi connectivity index (χ0v) is 23.4. The lowest BCUT2D eigenvalue weighted by molar-refractivity contribution is -0.131. The molecule has 2 fully saturated rings. The summed E-state index contributed by atoms with van der Waals surface area (Å²) in [4.78, 5) is 18.0. The Bertz CT molecular complexity index is 1570. The fourth-order valence-corrected chi connectivity index (χ4v) is 5.98. The highest BCUT2D eigenvalue weighted by Crippen LogP contribution is 2.50. The Morgan fingerprint density at radius 3 is 2.73 bits per heavy atom. The van der Waals surface area contributed by atoms with Gasteiger partial charge in [0.25, 0.3) is 5.79 Å². The molecule has 8 nitrogen and oxygen atoms in total. The molecule has 3 aliphatic rings. The summed E-state index contributed by atoms with van der Waals surface area (Å²) in [6.45, 7) is 4.49. The molecule has 0 radical (unpaired) electrons. The summed E-state index contributed by atoms with van der Waals surface area (Å²) in [5, 5.41) is 19.1. The van der Waals surface area contributed by atoms with E-state index in [-0.39, 0.29) is 11.5 Å². The summed E-state index contributed by atoms with van der Waals surface area (Å²) in [5.74, 6) is -0.484. The Balaban J connectivity index is 1.16. The predicted octanol–water partition coefficient (Wildman–Crippen LogP) is 6.10. The molecule has 0 bridgehead atoms. The summed E-state index contributed by atoms with van der Waals surface area (Å²) in [7, 11) is 0. The molecule has 3 aromatic rings. The number of aromatic nitrogens is 2. The summed E-state index contributed by atoms with van der Waals surface area (Å²) in [6, 6.07) is 12.7. The molecular formula is C31H30ClFN4O4. The van der Waals surface area contributed by atoms with Crippen molar-refractivity contribution in [1.29, 1.82) is 5.26 Å². The summed E-state index contributed by atoms with van der Waals surface area (Å²) in [5.41, 5.74) is 1.63. The largest absolute Gasteiger partial charge is 0.478 e. The number of likely N-dealkylation sites (tertiary alicyclic amines) is 1. The standard InChI is InChI=1S/C31H30ClFN4O4/c1-30(24-7-5-21(32)15-25(24)33)40-26-4-2-3-23(29(26)41-30)20-9-13-36(14-10-20)17-27-35-16-22(6-8-28(38)39)37(27)19-31(18-34)11-12-31/h2-8,15-16,20H,9-14,17,19H2,1H3,(H,38,39)/b8-6+. The molecule has 212 valence electrons. The third-order valence-corrected chi connectivity index (χ3v) is 8.58. The number of fused-ring (bicyclic) bond motifs is 1. The zero-order chi connectivity index (χ0) is 28.8. The smallest absolute Gasteiger partial charge is 0.328 e. The average molecular weight is 577 g/mol. The van der Waals surface area contributed by atoms with Crippen molar-refractivity contribution >= 4 is 23.6 Å². The predicted molar refractivity (Wildman–Crippen MR) is 150 cm³/mol. The number of aliphatic carboxylic acids is 1. The van der Waals surface area contributed by atoms with E-state index in [0.717, 1.165) is 56.2 Å². The number of piperidine rings is 1. The lowest BCUT2D eigenvalue weighted by Crippen LogP contribution is -2.34. The topological polar surface area (TPSA) is 101 Å². The van der Waals surface area contributed by atoms with Crippen molar-refractivity contribution in [2.24, 2.45) is 5.41 Å². The van der Waals surface area contributed by atoms with E-state index in [2.05, 4.69) is 22.0 Å². The van der Waals surface area contributed by atoms with E-state index in [1.807, 2.05) is 16.7 Å². The number of halogens is 2. The van der Waals surface area contributed by atoms with Crippen molar-refractivity contribution in [1.82, 2.24) is 14.5 Å². The van der Waals surface area contributed by atoms with Crippen LogP contribution < -0.4 is 9.47 Å². The number of carbonyl (C=O) groups is 1. The maximum absolute atomic E-state index is 14.8. The van der Waals surface area contributed by atoms with Gasteiger partial charge in [0, 0.05) is 30.1 Å². The Hall–Kier alpha value is -3.87. The highest BCUT2D eigenvalue weighted by molar-refractivity contribution is 6.30. The van der Waals surface area contributed by atoms with Crippen molar-refractivity contribution < 1.29 is 23.8 Å². The summed E-state index contributed by atoms with van der Waals surface area (Å²) in [6.07, 6.45) is 7.78. The quantitative estimate of drug-likeness (QED) is 0.323. The highest BCUT2D eigenvalue weighted by atomic mass is 35.5. The maximum Gasteiger partial charge on any atom is 0.328 e. The van der Waals surface area contributed by atoms with Gasteiger partial charge < -0.3 is 19.1 Å². The molecule has 1 N–H and O–H groups in total. The number of ether oxygens (including phenoxy) is 2. The first-order valence-corrected chi connectivity index (χ1v) is 14.1. The lowest BCUT2D eigenvalue weighted by atomic mass is 9.88. The van der Waals surface area contributed by atoms with Crippen LogP contribution in [0.4, 0.5) is 4.39 Å². The van der Waals surface area contributed by atoms with E-state index < -0.39 is 23.0 Å². The van der Waals surface area contributed by atoms with Crippen LogP contribution >= 0.6 is 11.6 Å². The molecule has 2 aliphatic heterocycles. The molecule has 1 unspecified atom stereocenters. The third kappa shape index (κ3) is 5.42. The number of carboxylic acids is 1. The van der Waals surface area contributed by atoms with Crippen LogP contribution in [0, 0.1) is 22.6 Å². The van der Waals surface area contributed by atoms with Crippen molar-refractivity contribution in [3.63, 3.8) is 0 Å². The lowest BCUT2D eigenvalue weighted by Gasteiger charge is -2.32. The minimum Gasteiger partial charge on any atom is -0.478 e. The zero-order valence-electron chi connectivity index (χ0n) is 22.6. The minimum absolute atomic E-state index is 0.240. The van der Waals surface area contributed by atoms with Crippen LogP contribution in [0.15, 0.2) is 48.7 Å². The molecule has 41 heavy (non-hydrogen) atoms. The molecular weight excluding hydrogens is 547 g/mol. The van der Waals surface area contributed by atoms with Gasteiger partial charge in [-0.1, -0.05) is 23.7 Å². The monoisotopic (exact) mass is 576 g/mol. The number of benzene rings is 2. The number of imidazole rings is 1. The number of hydrogen-bond acceptors (Lipinski definition) is 6. The van der Waals surface area contributed by atoms with Crippen molar-refractivity contribution in [2.45, 2.75) is 57.4 Å². The van der Waals surface area contributed by atoms with Crippen LogP contribution in [0.3, 0.4) is 0 Å². The van der Waals surface area contributed by atoms with Gasteiger partial charge >= 0.3 is 5.97 Å². The fraction of sp³-hybridized carbons (Fsp3) is 0.387. The molecule has 1 saturated heterocycles. The number of hydrogen-bond donors (Lipinski definition) is 1. The van der Waals surface area contributed by atoms with E-state index in [4.69, 9.17) is 26.2 Å². The Kier molecular flexibility index (Phi) is 7.00. The fourth-order valence-electron chi connectivity index (χ4n) is 5.83. The van der Waals surface area contributed by atoms with E-state index >= 15 is 0 Å². The molecule has 1 aromatic heterocycles. The van der Waals surface area contributed by atoms with Crippen LogP contribution in [0.2, 0.25) is 5.02 Å². The molecule has 1 atom stereocenters. The van der Waals surface area contributed by atoms with E-state index in [0.29, 0.717) is 35.3 Å². The van der Waals surface area contributed by atoms with Crippen molar-refractivity contribution in [3.8, 4) is 17.6 Å². The van der Waals surface area contributed by atoms with Gasteiger partial charge in [0.15, 0.2) is 11.5 Å².